The number of amides is 3. The Bertz CT molecular complexity index is 937. The van der Waals surface area contributed by atoms with Crippen LogP contribution in [-0.4, -0.2) is 40.2 Å². The summed E-state index contributed by atoms with van der Waals surface area (Å²) < 4.78 is 0. The number of anilines is 2. The first-order chi connectivity index (χ1) is 12.4. The predicted octanol–water partition coefficient (Wildman–Crippen LogP) is 2.57. The van der Waals surface area contributed by atoms with Gasteiger partial charge in [-0.05, 0) is 44.9 Å². The molecule has 1 atom stereocenters. The Labute approximate surface area is 154 Å². The minimum absolute atomic E-state index is 0.153. The van der Waals surface area contributed by atoms with Crippen LogP contribution in [0.5, 0.6) is 0 Å². The Morgan fingerprint density at radius 2 is 2.15 bits per heavy atom. The lowest BCUT2D eigenvalue weighted by Crippen LogP contribution is -2.40. The molecule has 0 saturated carbocycles. The Balaban J connectivity index is 1.64. The van der Waals surface area contributed by atoms with Crippen molar-refractivity contribution < 1.29 is 14.4 Å². The van der Waals surface area contributed by atoms with Crippen molar-refractivity contribution in [2.45, 2.75) is 32.7 Å². The van der Waals surface area contributed by atoms with E-state index in [2.05, 4.69) is 15.6 Å². The van der Waals surface area contributed by atoms with Gasteiger partial charge in [0.2, 0.25) is 5.91 Å². The average molecular weight is 370 g/mol. The van der Waals surface area contributed by atoms with E-state index in [-0.39, 0.29) is 17.7 Å². The van der Waals surface area contributed by atoms with Gasteiger partial charge in [0.15, 0.2) is 0 Å². The van der Waals surface area contributed by atoms with E-state index in [1.54, 1.807) is 23.1 Å². The van der Waals surface area contributed by atoms with Crippen LogP contribution in [0.25, 0.3) is 0 Å². The van der Waals surface area contributed by atoms with Gasteiger partial charge >= 0.3 is 0 Å². The van der Waals surface area contributed by atoms with Gasteiger partial charge < -0.3 is 15.5 Å². The molecular formula is C18H18N4O3S. The van der Waals surface area contributed by atoms with Crippen molar-refractivity contribution in [2.75, 3.05) is 17.2 Å². The molecule has 2 aliphatic rings. The Morgan fingerprint density at radius 3 is 2.88 bits per heavy atom. The molecule has 2 aromatic rings. The number of aromatic nitrogens is 1. The highest BCUT2D eigenvalue weighted by molar-refractivity contribution is 7.11. The first-order valence-corrected chi connectivity index (χ1v) is 9.27. The Kier molecular flexibility index (Phi) is 3.99. The van der Waals surface area contributed by atoms with E-state index >= 15 is 0 Å². The molecule has 8 heteroatoms. The summed E-state index contributed by atoms with van der Waals surface area (Å²) in [6.45, 7) is 4.28. The molecule has 1 saturated heterocycles. The molecule has 0 bridgehead atoms. The second kappa shape index (κ2) is 6.21. The largest absolute Gasteiger partial charge is 0.327 e. The number of nitrogens with zero attached hydrogens (tertiary/aromatic N) is 2. The standard InChI is InChI=1S/C18H18N4O3S/c1-9-15(19-10(2)26-9)17(24)20-11-5-6-13-12(8-11)18(25)22-7-3-4-14(22)16(23)21-13/h5-6,8,14H,3-4,7H2,1-2H3,(H,20,24)(H,21,23)/t14-/m0/s1. The minimum Gasteiger partial charge on any atom is -0.327 e. The summed E-state index contributed by atoms with van der Waals surface area (Å²) in [5.41, 5.74) is 1.76. The van der Waals surface area contributed by atoms with Crippen LogP contribution in [0, 0.1) is 13.8 Å². The molecule has 7 nitrogen and oxygen atoms in total. The van der Waals surface area contributed by atoms with Gasteiger partial charge in [-0.3, -0.25) is 14.4 Å². The SMILES string of the molecule is Cc1nc(C(=O)Nc2ccc3c(c2)C(=O)N2CCC[C@H]2C(=O)N3)c(C)s1. The number of aryl methyl sites for hydroxylation is 2. The minimum atomic E-state index is -0.409. The van der Waals surface area contributed by atoms with Crippen molar-refractivity contribution in [2.24, 2.45) is 0 Å². The van der Waals surface area contributed by atoms with E-state index in [0.717, 1.165) is 16.3 Å². The van der Waals surface area contributed by atoms with E-state index in [9.17, 15) is 14.4 Å². The number of nitrogens with one attached hydrogen (secondary N) is 2. The monoisotopic (exact) mass is 370 g/mol. The van der Waals surface area contributed by atoms with Crippen molar-refractivity contribution in [3.63, 3.8) is 0 Å². The summed E-state index contributed by atoms with van der Waals surface area (Å²) in [5, 5.41) is 6.45. The maximum absolute atomic E-state index is 12.8. The molecule has 26 heavy (non-hydrogen) atoms. The molecule has 134 valence electrons. The number of thiazole rings is 1. The summed E-state index contributed by atoms with van der Waals surface area (Å²) >= 11 is 1.46. The smallest absolute Gasteiger partial charge is 0.275 e. The molecule has 3 heterocycles. The lowest BCUT2D eigenvalue weighted by Gasteiger charge is -2.20. The lowest BCUT2D eigenvalue weighted by molar-refractivity contribution is -0.119. The van der Waals surface area contributed by atoms with Crippen LogP contribution in [0.2, 0.25) is 0 Å². The van der Waals surface area contributed by atoms with Crippen molar-refractivity contribution >= 4 is 40.4 Å². The number of hydrogen-bond donors (Lipinski definition) is 2. The number of fused-ring (bicyclic) bond motifs is 2. The molecule has 2 aliphatic heterocycles. The van der Waals surface area contributed by atoms with Crippen LogP contribution in [-0.2, 0) is 4.79 Å². The summed E-state index contributed by atoms with van der Waals surface area (Å²) in [6, 6.07) is 4.54. The average Bonchev–Trinajstić information content (AvgIpc) is 3.19. The van der Waals surface area contributed by atoms with E-state index in [0.29, 0.717) is 35.6 Å². The van der Waals surface area contributed by atoms with Gasteiger partial charge in [0.05, 0.1) is 16.3 Å². The van der Waals surface area contributed by atoms with Gasteiger partial charge in [-0.15, -0.1) is 11.3 Å². The zero-order valence-electron chi connectivity index (χ0n) is 14.5. The van der Waals surface area contributed by atoms with Gasteiger partial charge in [-0.2, -0.15) is 0 Å². The van der Waals surface area contributed by atoms with E-state index in [1.807, 2.05) is 13.8 Å². The molecule has 0 radical (unpaired) electrons. The number of rotatable bonds is 2. The van der Waals surface area contributed by atoms with E-state index in [4.69, 9.17) is 0 Å². The van der Waals surface area contributed by atoms with Crippen LogP contribution >= 0.6 is 11.3 Å². The number of hydrogen-bond acceptors (Lipinski definition) is 5. The van der Waals surface area contributed by atoms with Crippen LogP contribution in [0.1, 0.15) is 43.6 Å². The van der Waals surface area contributed by atoms with Crippen molar-refractivity contribution in [3.8, 4) is 0 Å². The van der Waals surface area contributed by atoms with Crippen LogP contribution in [0.4, 0.5) is 11.4 Å². The van der Waals surface area contributed by atoms with Crippen LogP contribution in [0.15, 0.2) is 18.2 Å². The van der Waals surface area contributed by atoms with E-state index in [1.165, 1.54) is 11.3 Å². The molecule has 1 aromatic heterocycles. The highest BCUT2D eigenvalue weighted by atomic mass is 32.1. The zero-order chi connectivity index (χ0) is 18.4. The fourth-order valence-electron chi connectivity index (χ4n) is 3.49. The highest BCUT2D eigenvalue weighted by Crippen LogP contribution is 2.30. The second-order valence-electron chi connectivity index (χ2n) is 6.50. The fourth-order valence-corrected chi connectivity index (χ4v) is 4.31. The first-order valence-electron chi connectivity index (χ1n) is 8.45. The topological polar surface area (TPSA) is 91.4 Å². The highest BCUT2D eigenvalue weighted by Gasteiger charge is 2.38. The third-order valence-corrected chi connectivity index (χ3v) is 5.59. The van der Waals surface area contributed by atoms with Crippen molar-refractivity contribution in [1.29, 1.82) is 0 Å². The van der Waals surface area contributed by atoms with Gasteiger partial charge in [0, 0.05) is 17.1 Å². The van der Waals surface area contributed by atoms with Gasteiger partial charge in [0.1, 0.15) is 11.7 Å². The maximum Gasteiger partial charge on any atom is 0.275 e. The molecular weight excluding hydrogens is 352 g/mol. The molecule has 1 fully saturated rings. The van der Waals surface area contributed by atoms with Crippen LogP contribution in [0.3, 0.4) is 0 Å². The molecule has 1 aromatic carbocycles. The quantitative estimate of drug-likeness (QED) is 0.850. The first kappa shape index (κ1) is 16.7. The number of carbonyl (C=O) groups is 3. The van der Waals surface area contributed by atoms with Crippen molar-refractivity contribution in [3.05, 3.63) is 39.3 Å². The Hall–Kier alpha value is -2.74. The summed E-state index contributed by atoms with van der Waals surface area (Å²) in [4.78, 5) is 44.3. The molecule has 0 aliphatic carbocycles. The van der Waals surface area contributed by atoms with Gasteiger partial charge in [-0.1, -0.05) is 0 Å². The molecule has 2 N–H and O–H groups in total. The number of benzene rings is 1. The molecule has 3 amide bonds. The zero-order valence-corrected chi connectivity index (χ0v) is 15.3. The second-order valence-corrected chi connectivity index (χ2v) is 7.91. The van der Waals surface area contributed by atoms with Gasteiger partial charge in [-0.25, -0.2) is 4.98 Å². The third-order valence-electron chi connectivity index (χ3n) is 4.70. The van der Waals surface area contributed by atoms with Gasteiger partial charge in [0.25, 0.3) is 11.8 Å². The van der Waals surface area contributed by atoms with Crippen LogP contribution < -0.4 is 10.6 Å². The molecule has 0 spiro atoms. The normalized spacial score (nSPS) is 18.8. The third kappa shape index (κ3) is 2.76. The Morgan fingerprint density at radius 1 is 1.35 bits per heavy atom. The number of carbonyl (C=O) groups excluding carboxylic acids is 3. The molecule has 4 rings (SSSR count). The molecule has 0 unspecified atom stereocenters. The van der Waals surface area contributed by atoms with Crippen molar-refractivity contribution in [1.82, 2.24) is 9.88 Å². The maximum atomic E-state index is 12.8. The summed E-state index contributed by atoms with van der Waals surface area (Å²) in [7, 11) is 0. The summed E-state index contributed by atoms with van der Waals surface area (Å²) in [5.74, 6) is -0.645. The summed E-state index contributed by atoms with van der Waals surface area (Å²) in [6.07, 6.45) is 1.50. The van der Waals surface area contributed by atoms with E-state index < -0.39 is 6.04 Å². The lowest BCUT2D eigenvalue weighted by atomic mass is 10.1. The fraction of sp³-hybridized carbons (Fsp3) is 0.333. The predicted molar refractivity (Wildman–Crippen MR) is 98.7 cm³/mol.